The summed E-state index contributed by atoms with van der Waals surface area (Å²) >= 11 is 5.68. The first kappa shape index (κ1) is 16.8. The summed E-state index contributed by atoms with van der Waals surface area (Å²) in [5.41, 5.74) is 11.5. The number of halogens is 1. The van der Waals surface area contributed by atoms with Crippen molar-refractivity contribution >= 4 is 17.3 Å². The van der Waals surface area contributed by atoms with E-state index in [4.69, 9.17) is 32.5 Å². The van der Waals surface area contributed by atoms with E-state index in [1.807, 2.05) is 0 Å². The third kappa shape index (κ3) is 4.36. The zero-order valence-electron chi connectivity index (χ0n) is 11.5. The first-order valence-electron chi connectivity index (χ1n) is 5.74. The number of nitrogens with two attached hydrogens (primary N) is 2. The quantitative estimate of drug-likeness (QED) is 0.250. The fraction of sp³-hybridized carbons (Fsp3) is 0.364. The van der Waals surface area contributed by atoms with Crippen LogP contribution in [0.25, 0.3) is 0 Å². The van der Waals surface area contributed by atoms with Crippen molar-refractivity contribution in [3.8, 4) is 0 Å². The van der Waals surface area contributed by atoms with E-state index < -0.39 is 11.0 Å². The fourth-order valence-electron chi connectivity index (χ4n) is 1.66. The molecular weight excluding hydrogens is 302 g/mol. The zero-order chi connectivity index (χ0) is 16.0. The summed E-state index contributed by atoms with van der Waals surface area (Å²) in [6.07, 6.45) is 3.76. The highest BCUT2D eigenvalue weighted by molar-refractivity contribution is 6.29. The lowest BCUT2D eigenvalue weighted by atomic mass is 10.1. The molecule has 10 heteroatoms. The van der Waals surface area contributed by atoms with Crippen LogP contribution in [0.15, 0.2) is 35.1 Å². The summed E-state index contributed by atoms with van der Waals surface area (Å²) in [7, 11) is 2.85. The number of nitrogens with zero attached hydrogens (tertiary/aromatic N) is 3. The largest absolute Gasteiger partial charge is 0.482 e. The highest BCUT2D eigenvalue weighted by Gasteiger charge is 2.22. The van der Waals surface area contributed by atoms with Crippen LogP contribution in [0.5, 0.6) is 0 Å². The van der Waals surface area contributed by atoms with Crippen molar-refractivity contribution in [2.45, 2.75) is 6.04 Å². The summed E-state index contributed by atoms with van der Waals surface area (Å²) in [4.78, 5) is 10.2. The van der Waals surface area contributed by atoms with Crippen LogP contribution in [-0.4, -0.2) is 35.5 Å². The molecule has 1 rings (SSSR count). The second kappa shape index (κ2) is 7.50. The van der Waals surface area contributed by atoms with Crippen LogP contribution in [-0.2, 0) is 9.47 Å². The SMILES string of the molecule is COCC(C(/C=C(\N)Cl)=C(/N)OC)n1cc([N+](=O)[O-])cn1. The Morgan fingerprint density at radius 1 is 1.62 bits per heavy atom. The average molecular weight is 318 g/mol. The van der Waals surface area contributed by atoms with E-state index in [9.17, 15) is 10.1 Å². The highest BCUT2D eigenvalue weighted by Crippen LogP contribution is 2.24. The van der Waals surface area contributed by atoms with E-state index in [1.54, 1.807) is 0 Å². The maximum atomic E-state index is 10.7. The van der Waals surface area contributed by atoms with Crippen molar-refractivity contribution in [3.05, 3.63) is 45.2 Å². The molecule has 0 aliphatic heterocycles. The first-order chi connectivity index (χ1) is 9.90. The van der Waals surface area contributed by atoms with Gasteiger partial charge in [0.05, 0.1) is 23.8 Å². The monoisotopic (exact) mass is 317 g/mol. The van der Waals surface area contributed by atoms with Crippen molar-refractivity contribution in [1.82, 2.24) is 9.78 Å². The smallest absolute Gasteiger partial charge is 0.307 e. The molecule has 1 unspecified atom stereocenters. The molecule has 116 valence electrons. The van der Waals surface area contributed by atoms with Crippen LogP contribution in [0, 0.1) is 10.1 Å². The van der Waals surface area contributed by atoms with Gasteiger partial charge in [0.2, 0.25) is 0 Å². The lowest BCUT2D eigenvalue weighted by Gasteiger charge is -2.19. The van der Waals surface area contributed by atoms with Crippen LogP contribution >= 0.6 is 11.6 Å². The molecule has 4 N–H and O–H groups in total. The van der Waals surface area contributed by atoms with Gasteiger partial charge < -0.3 is 20.9 Å². The van der Waals surface area contributed by atoms with E-state index in [2.05, 4.69) is 5.10 Å². The highest BCUT2D eigenvalue weighted by atomic mass is 35.5. The van der Waals surface area contributed by atoms with Crippen LogP contribution in [0.1, 0.15) is 6.04 Å². The van der Waals surface area contributed by atoms with Gasteiger partial charge in [-0.15, -0.1) is 0 Å². The number of rotatable bonds is 7. The molecule has 0 aromatic carbocycles. The lowest BCUT2D eigenvalue weighted by molar-refractivity contribution is -0.385. The number of nitro groups is 1. The summed E-state index contributed by atoms with van der Waals surface area (Å²) in [6, 6.07) is -0.582. The molecule has 0 amide bonds. The maximum absolute atomic E-state index is 10.7. The number of aromatic nitrogens is 2. The second-order valence-corrected chi connectivity index (χ2v) is 4.40. The van der Waals surface area contributed by atoms with Crippen LogP contribution in [0.3, 0.4) is 0 Å². The summed E-state index contributed by atoms with van der Waals surface area (Å²) < 4.78 is 11.4. The molecular formula is C11H16ClN5O4. The van der Waals surface area contributed by atoms with Gasteiger partial charge in [0, 0.05) is 12.7 Å². The number of allylic oxidation sites excluding steroid dienone is 1. The summed E-state index contributed by atoms with van der Waals surface area (Å²) in [6.45, 7) is 0.138. The van der Waals surface area contributed by atoms with Crippen LogP contribution in [0.2, 0.25) is 0 Å². The third-order valence-electron chi connectivity index (χ3n) is 2.60. The van der Waals surface area contributed by atoms with E-state index in [0.717, 1.165) is 6.20 Å². The number of hydrogen-bond acceptors (Lipinski definition) is 7. The normalized spacial score (nSPS) is 14.5. The van der Waals surface area contributed by atoms with Crippen LogP contribution in [0.4, 0.5) is 5.69 Å². The minimum atomic E-state index is -0.582. The van der Waals surface area contributed by atoms with Gasteiger partial charge in [0.25, 0.3) is 0 Å². The van der Waals surface area contributed by atoms with Crippen molar-refractivity contribution in [2.24, 2.45) is 11.5 Å². The summed E-state index contributed by atoms with van der Waals surface area (Å²) in [5, 5.41) is 14.7. The number of methoxy groups -OCH3 is 2. The topological polar surface area (TPSA) is 131 Å². The Morgan fingerprint density at radius 2 is 2.29 bits per heavy atom. The van der Waals surface area contributed by atoms with Gasteiger partial charge in [-0.3, -0.25) is 14.8 Å². The minimum Gasteiger partial charge on any atom is -0.482 e. The van der Waals surface area contributed by atoms with E-state index in [1.165, 1.54) is 31.2 Å². The van der Waals surface area contributed by atoms with Gasteiger partial charge in [-0.05, 0) is 6.08 Å². The zero-order valence-corrected chi connectivity index (χ0v) is 12.3. The predicted molar refractivity (Wildman–Crippen MR) is 76.1 cm³/mol. The molecule has 0 radical (unpaired) electrons. The van der Waals surface area contributed by atoms with Crippen molar-refractivity contribution in [2.75, 3.05) is 20.8 Å². The predicted octanol–water partition coefficient (Wildman–Crippen LogP) is 0.834. The fourth-order valence-corrected chi connectivity index (χ4v) is 1.77. The number of hydrogen-bond donors (Lipinski definition) is 2. The van der Waals surface area contributed by atoms with Crippen molar-refractivity contribution in [1.29, 1.82) is 0 Å². The van der Waals surface area contributed by atoms with Gasteiger partial charge >= 0.3 is 5.69 Å². The Balaban J connectivity index is 3.30. The van der Waals surface area contributed by atoms with Gasteiger partial charge in [0.15, 0.2) is 5.88 Å². The average Bonchev–Trinajstić information content (AvgIpc) is 2.91. The molecule has 1 atom stereocenters. The van der Waals surface area contributed by atoms with Gasteiger partial charge in [-0.2, -0.15) is 5.10 Å². The molecule has 0 bridgehead atoms. The Kier molecular flexibility index (Phi) is 6.00. The second-order valence-electron chi connectivity index (χ2n) is 3.96. The van der Waals surface area contributed by atoms with Gasteiger partial charge in [-0.25, -0.2) is 0 Å². The standard InChI is InChI=1S/C11H16ClN5O4/c1-20-6-9(8(3-10(12)13)11(14)21-2)16-5-7(4-15-16)17(18)19/h3-5,9H,6,13-14H2,1-2H3/b10-3-,11-8-. The molecule has 0 aliphatic carbocycles. The Bertz CT molecular complexity index is 565. The molecule has 0 fully saturated rings. The molecule has 1 heterocycles. The van der Waals surface area contributed by atoms with E-state index in [0.29, 0.717) is 5.57 Å². The molecule has 0 saturated heterocycles. The van der Waals surface area contributed by atoms with E-state index >= 15 is 0 Å². The Labute approximate surface area is 125 Å². The molecule has 1 aromatic rings. The summed E-state index contributed by atoms with van der Waals surface area (Å²) in [5.74, 6) is 0.0544. The first-order valence-corrected chi connectivity index (χ1v) is 6.12. The lowest BCUT2D eigenvalue weighted by Crippen LogP contribution is -2.21. The molecule has 1 aromatic heterocycles. The minimum absolute atomic E-state index is 0.0206. The molecule has 0 aliphatic rings. The van der Waals surface area contributed by atoms with Gasteiger partial charge in [0.1, 0.15) is 18.4 Å². The molecule has 0 spiro atoms. The van der Waals surface area contributed by atoms with Crippen LogP contribution < -0.4 is 11.5 Å². The number of ether oxygens (including phenoxy) is 2. The Morgan fingerprint density at radius 3 is 2.71 bits per heavy atom. The van der Waals surface area contributed by atoms with Gasteiger partial charge in [-0.1, -0.05) is 11.6 Å². The molecule has 9 nitrogen and oxygen atoms in total. The maximum Gasteiger partial charge on any atom is 0.307 e. The molecule has 0 saturated carbocycles. The molecule has 21 heavy (non-hydrogen) atoms. The van der Waals surface area contributed by atoms with E-state index in [-0.39, 0.29) is 23.3 Å². The van der Waals surface area contributed by atoms with Crippen molar-refractivity contribution in [3.63, 3.8) is 0 Å². The Hall–Kier alpha value is -2.26. The van der Waals surface area contributed by atoms with Crippen molar-refractivity contribution < 1.29 is 14.4 Å². The third-order valence-corrected chi connectivity index (χ3v) is 2.71.